The van der Waals surface area contributed by atoms with Gasteiger partial charge in [-0.05, 0) is 42.2 Å². The highest BCUT2D eigenvalue weighted by atomic mass is 32.2. The van der Waals surface area contributed by atoms with Crippen molar-refractivity contribution in [1.82, 2.24) is 15.6 Å². The smallest absolute Gasteiger partial charge is 0.411 e. The summed E-state index contributed by atoms with van der Waals surface area (Å²) in [7, 11) is -4.79. The topological polar surface area (TPSA) is 144 Å². The molecule has 1 saturated carbocycles. The monoisotopic (exact) mass is 692 g/mol. The number of ether oxygens (including phenoxy) is 1. The van der Waals surface area contributed by atoms with Gasteiger partial charge in [-0.15, -0.1) is 11.3 Å². The van der Waals surface area contributed by atoms with E-state index >= 15 is 4.39 Å². The number of nitrogens with one attached hydrogen (secondary N) is 3. The lowest BCUT2D eigenvalue weighted by Crippen LogP contribution is -2.41. The summed E-state index contributed by atoms with van der Waals surface area (Å²) in [5, 5.41) is 4.82. The van der Waals surface area contributed by atoms with Gasteiger partial charge in [0.1, 0.15) is 17.4 Å². The van der Waals surface area contributed by atoms with Gasteiger partial charge in [0.25, 0.3) is 0 Å². The number of rotatable bonds is 12. The molecule has 47 heavy (non-hydrogen) atoms. The van der Waals surface area contributed by atoms with Crippen molar-refractivity contribution < 1.29 is 45.1 Å². The van der Waals surface area contributed by atoms with Crippen molar-refractivity contribution in [3.05, 3.63) is 83.1 Å². The Morgan fingerprint density at radius 3 is 2.47 bits per heavy atom. The van der Waals surface area contributed by atoms with Gasteiger partial charge in [-0.25, -0.2) is 22.6 Å². The largest absolute Gasteiger partial charge is 0.444 e. The number of hydrogen-bond acceptors (Lipinski definition) is 8. The number of fused-ring (bicyclic) bond motifs is 1. The van der Waals surface area contributed by atoms with Crippen molar-refractivity contribution in [2.75, 3.05) is 17.6 Å². The number of amides is 3. The van der Waals surface area contributed by atoms with Crippen LogP contribution in [0, 0.1) is 5.82 Å². The number of anilines is 1. The highest BCUT2D eigenvalue weighted by Gasteiger charge is 2.40. The van der Waals surface area contributed by atoms with Crippen LogP contribution in [-0.2, 0) is 30.8 Å². The van der Waals surface area contributed by atoms with Crippen LogP contribution in [0.3, 0.4) is 0 Å². The van der Waals surface area contributed by atoms with E-state index in [1.54, 1.807) is 42.5 Å². The van der Waals surface area contributed by atoms with Gasteiger partial charge in [0.15, 0.2) is 15.1 Å². The van der Waals surface area contributed by atoms with Crippen molar-refractivity contribution in [1.29, 1.82) is 0 Å². The van der Waals surface area contributed by atoms with Crippen LogP contribution in [0.2, 0.25) is 0 Å². The molecular weight excluding hydrogens is 664 g/mol. The molecule has 1 unspecified atom stereocenters. The second kappa shape index (κ2) is 14.0. The first-order valence-electron chi connectivity index (χ1n) is 14.3. The van der Waals surface area contributed by atoms with Crippen LogP contribution in [-0.4, -0.2) is 55.8 Å². The predicted octanol–water partition coefficient (Wildman–Crippen LogP) is 5.65. The average molecular weight is 693 g/mol. The summed E-state index contributed by atoms with van der Waals surface area (Å²) in [6, 6.07) is 17.5. The lowest BCUT2D eigenvalue weighted by atomic mass is 10.0. The fourth-order valence-electron chi connectivity index (χ4n) is 4.51. The zero-order chi connectivity index (χ0) is 33.8. The van der Waals surface area contributed by atoms with E-state index in [4.69, 9.17) is 4.74 Å². The van der Waals surface area contributed by atoms with Gasteiger partial charge in [-0.3, -0.25) is 14.9 Å². The molecule has 3 aromatic carbocycles. The first-order chi connectivity index (χ1) is 22.3. The van der Waals surface area contributed by atoms with Crippen molar-refractivity contribution in [3.63, 3.8) is 0 Å². The van der Waals surface area contributed by atoms with Crippen molar-refractivity contribution >= 4 is 55.0 Å². The summed E-state index contributed by atoms with van der Waals surface area (Å²) < 4.78 is 85.9. The quantitative estimate of drug-likeness (QED) is 0.163. The molecule has 0 bridgehead atoms. The van der Waals surface area contributed by atoms with Crippen LogP contribution >= 0.6 is 11.3 Å². The van der Waals surface area contributed by atoms with Crippen molar-refractivity contribution in [2.24, 2.45) is 0 Å². The number of hydrogen-bond donors (Lipinski definition) is 3. The van der Waals surface area contributed by atoms with Gasteiger partial charge in [-0.1, -0.05) is 42.5 Å². The lowest BCUT2D eigenvalue weighted by molar-refractivity contribution is -0.130. The second-order valence-electron chi connectivity index (χ2n) is 10.8. The third-order valence-electron chi connectivity index (χ3n) is 6.98. The van der Waals surface area contributed by atoms with Crippen LogP contribution in [0.5, 0.6) is 0 Å². The Morgan fingerprint density at radius 1 is 1.02 bits per heavy atom. The van der Waals surface area contributed by atoms with E-state index < -0.39 is 63.7 Å². The Hall–Kier alpha value is -4.57. The fraction of sp³-hybridized carbons (Fsp3) is 0.290. The first-order valence-corrected chi connectivity index (χ1v) is 16.8. The Kier molecular flexibility index (Phi) is 10.1. The van der Waals surface area contributed by atoms with Gasteiger partial charge in [0, 0.05) is 23.4 Å². The van der Waals surface area contributed by atoms with E-state index in [1.165, 1.54) is 12.1 Å². The minimum Gasteiger partial charge on any atom is -0.444 e. The van der Waals surface area contributed by atoms with Crippen LogP contribution < -0.4 is 16.0 Å². The molecule has 4 aromatic rings. The molecule has 0 radical (unpaired) electrons. The SMILES string of the molecule is O=C(CNC(=O)C(c1nc2cc(F)c(-c3cccc(NC(=O)OCc4ccccc4)c3)cc2s1)S(=O)(=O)CCC(F)(F)F)NC1CC1. The van der Waals surface area contributed by atoms with Gasteiger partial charge in [0.05, 0.1) is 28.9 Å². The first kappa shape index (κ1) is 33.8. The Balaban J connectivity index is 1.38. The molecule has 10 nitrogen and oxygen atoms in total. The highest BCUT2D eigenvalue weighted by molar-refractivity contribution is 7.92. The Bertz CT molecular complexity index is 1900. The van der Waals surface area contributed by atoms with Crippen LogP contribution in [0.1, 0.15) is 35.1 Å². The van der Waals surface area contributed by atoms with Crippen LogP contribution in [0.15, 0.2) is 66.7 Å². The molecule has 1 aromatic heterocycles. The van der Waals surface area contributed by atoms with Crippen molar-refractivity contribution in [2.45, 2.75) is 43.3 Å². The summed E-state index contributed by atoms with van der Waals surface area (Å²) >= 11 is 0.696. The molecule has 3 amide bonds. The summed E-state index contributed by atoms with van der Waals surface area (Å²) in [5.74, 6) is -3.97. The van der Waals surface area contributed by atoms with Gasteiger partial charge < -0.3 is 15.4 Å². The average Bonchev–Trinajstić information content (AvgIpc) is 3.74. The minimum atomic E-state index is -4.81. The molecule has 0 spiro atoms. The molecule has 1 atom stereocenters. The van der Waals surface area contributed by atoms with Gasteiger partial charge >= 0.3 is 12.3 Å². The summed E-state index contributed by atoms with van der Waals surface area (Å²) in [5.41, 5.74) is 1.42. The molecule has 0 aliphatic heterocycles. The molecule has 5 rings (SSSR count). The maximum absolute atomic E-state index is 15.4. The molecular formula is C31H28F4N4O6S2. The molecule has 1 aliphatic carbocycles. The normalized spacial score (nSPS) is 14.0. The Morgan fingerprint density at radius 2 is 1.77 bits per heavy atom. The summed E-state index contributed by atoms with van der Waals surface area (Å²) in [4.78, 5) is 41.6. The van der Waals surface area contributed by atoms with E-state index in [0.717, 1.165) is 24.5 Å². The summed E-state index contributed by atoms with van der Waals surface area (Å²) in [6.07, 6.45) is -5.72. The standard InChI is InChI=1S/C31H28F4N4O6S2/c32-23-15-24-25(14-22(23)19-7-4-8-21(13-19)38-30(42)45-17-18-5-2-1-3-6-18)46-29(39-24)27(47(43,44)12-11-31(33,34)35)28(41)36-16-26(40)37-20-9-10-20/h1-8,13-15,20,27H,9-12,16-17H2,(H,36,41)(H,37,40)(H,38,42). The highest BCUT2D eigenvalue weighted by Crippen LogP contribution is 2.37. The molecule has 0 saturated heterocycles. The van der Waals surface area contributed by atoms with Crippen molar-refractivity contribution in [3.8, 4) is 11.1 Å². The van der Waals surface area contributed by atoms with E-state index in [-0.39, 0.29) is 33.4 Å². The number of alkyl halides is 3. The predicted molar refractivity (Wildman–Crippen MR) is 167 cm³/mol. The lowest BCUT2D eigenvalue weighted by Gasteiger charge is -2.16. The van der Waals surface area contributed by atoms with Crippen LogP contribution in [0.4, 0.5) is 28.0 Å². The molecule has 1 aliphatic rings. The van der Waals surface area contributed by atoms with E-state index in [9.17, 15) is 36.0 Å². The number of benzene rings is 3. The number of nitrogens with zero attached hydrogens (tertiary/aromatic N) is 1. The molecule has 3 N–H and O–H groups in total. The van der Waals surface area contributed by atoms with E-state index in [1.807, 2.05) is 6.07 Å². The second-order valence-corrected chi connectivity index (χ2v) is 14.1. The molecule has 1 heterocycles. The molecule has 248 valence electrons. The zero-order valence-corrected chi connectivity index (χ0v) is 26.1. The number of halogens is 4. The maximum atomic E-state index is 15.4. The zero-order valence-electron chi connectivity index (χ0n) is 24.5. The van der Waals surface area contributed by atoms with E-state index in [2.05, 4.69) is 20.9 Å². The maximum Gasteiger partial charge on any atom is 0.411 e. The number of aromatic nitrogens is 1. The van der Waals surface area contributed by atoms with Crippen LogP contribution in [0.25, 0.3) is 21.3 Å². The third-order valence-corrected chi connectivity index (χ3v) is 10.1. The Labute approximate surface area is 270 Å². The number of thiazole rings is 1. The number of sulfone groups is 1. The van der Waals surface area contributed by atoms with Gasteiger partial charge in [-0.2, -0.15) is 13.2 Å². The molecule has 16 heteroatoms. The fourth-order valence-corrected chi connectivity index (χ4v) is 7.59. The number of carbonyl (C=O) groups excluding carboxylic acids is 3. The van der Waals surface area contributed by atoms with Gasteiger partial charge in [0.2, 0.25) is 11.8 Å². The number of carbonyl (C=O) groups is 3. The summed E-state index contributed by atoms with van der Waals surface area (Å²) in [6.45, 7) is -0.557. The minimum absolute atomic E-state index is 0.0275. The van der Waals surface area contributed by atoms with E-state index in [0.29, 0.717) is 22.6 Å². The molecule has 1 fully saturated rings. The third kappa shape index (κ3) is 9.25.